The van der Waals surface area contributed by atoms with E-state index in [0.29, 0.717) is 0 Å². The van der Waals surface area contributed by atoms with Gasteiger partial charge in [-0.3, -0.25) is 0 Å². The molecule has 0 spiro atoms. The van der Waals surface area contributed by atoms with Crippen LogP contribution in [0.1, 0.15) is 17.8 Å². The van der Waals surface area contributed by atoms with E-state index in [1.165, 1.54) is 0 Å². The average molecular weight is 318 g/mol. The van der Waals surface area contributed by atoms with E-state index in [1.54, 1.807) is 11.3 Å². The van der Waals surface area contributed by atoms with Crippen LogP contribution in [-0.4, -0.2) is 0 Å². The Bertz CT molecular complexity index is 527. The molecule has 0 saturated carbocycles. The van der Waals surface area contributed by atoms with Gasteiger partial charge in [-0.25, -0.2) is 8.78 Å². The topological polar surface area (TPSA) is 12.0 Å². The largest absolute Gasteiger partial charge is 0.375 e. The Hall–Kier alpha value is -0.940. The molecule has 1 heterocycles. The van der Waals surface area contributed by atoms with Gasteiger partial charge in [0.2, 0.25) is 0 Å². The Labute approximate surface area is 111 Å². The molecule has 5 heteroatoms. The van der Waals surface area contributed by atoms with Crippen LogP contribution in [0.25, 0.3) is 0 Å². The molecule has 0 amide bonds. The van der Waals surface area contributed by atoms with Crippen LogP contribution in [0.2, 0.25) is 0 Å². The lowest BCUT2D eigenvalue weighted by atomic mass is 10.2. The minimum absolute atomic E-state index is 0.0827. The lowest BCUT2D eigenvalue weighted by molar-refractivity contribution is 0.600. The lowest BCUT2D eigenvalue weighted by Gasteiger charge is -2.15. The predicted octanol–water partition coefficient (Wildman–Crippen LogP) is 4.96. The number of nitrogens with one attached hydrogen (secondary N) is 1. The minimum atomic E-state index is -0.453. The summed E-state index contributed by atoms with van der Waals surface area (Å²) in [5, 5.41) is 4.90. The van der Waals surface area contributed by atoms with Crippen molar-refractivity contribution < 1.29 is 8.78 Å². The first kappa shape index (κ1) is 12.5. The molecule has 1 aromatic carbocycles. The van der Waals surface area contributed by atoms with Crippen LogP contribution in [0, 0.1) is 11.6 Å². The van der Waals surface area contributed by atoms with Crippen LogP contribution in [-0.2, 0) is 0 Å². The summed E-state index contributed by atoms with van der Waals surface area (Å²) in [6.07, 6.45) is 0. The van der Waals surface area contributed by atoms with Gasteiger partial charge in [0.25, 0.3) is 0 Å². The molecule has 0 aliphatic rings. The van der Waals surface area contributed by atoms with Gasteiger partial charge < -0.3 is 5.32 Å². The highest BCUT2D eigenvalue weighted by Crippen LogP contribution is 2.31. The summed E-state index contributed by atoms with van der Waals surface area (Å²) < 4.78 is 27.4. The third kappa shape index (κ3) is 2.84. The maximum Gasteiger partial charge on any atom is 0.146 e. The van der Waals surface area contributed by atoms with E-state index < -0.39 is 11.6 Å². The van der Waals surface area contributed by atoms with Crippen molar-refractivity contribution in [3.05, 3.63) is 50.6 Å². The zero-order chi connectivity index (χ0) is 12.4. The van der Waals surface area contributed by atoms with E-state index >= 15 is 0 Å². The lowest BCUT2D eigenvalue weighted by Crippen LogP contribution is -2.07. The zero-order valence-corrected chi connectivity index (χ0v) is 11.4. The van der Waals surface area contributed by atoms with Gasteiger partial charge in [0.15, 0.2) is 0 Å². The summed E-state index contributed by atoms with van der Waals surface area (Å²) in [5.41, 5.74) is 0.179. The van der Waals surface area contributed by atoms with Crippen molar-refractivity contribution in [2.75, 3.05) is 5.32 Å². The first-order valence-electron chi connectivity index (χ1n) is 5.02. The van der Waals surface area contributed by atoms with Gasteiger partial charge in [-0.05, 0) is 52.5 Å². The van der Waals surface area contributed by atoms with Gasteiger partial charge in [0.05, 0.1) is 11.7 Å². The Morgan fingerprint density at radius 3 is 2.71 bits per heavy atom. The Morgan fingerprint density at radius 1 is 1.29 bits per heavy atom. The first-order chi connectivity index (χ1) is 8.08. The monoisotopic (exact) mass is 317 g/mol. The van der Waals surface area contributed by atoms with Crippen LogP contribution in [0.15, 0.2) is 34.1 Å². The maximum atomic E-state index is 13.4. The highest BCUT2D eigenvalue weighted by Gasteiger charge is 2.13. The van der Waals surface area contributed by atoms with Gasteiger partial charge in [0, 0.05) is 9.35 Å². The first-order valence-corrected chi connectivity index (χ1v) is 6.69. The van der Waals surface area contributed by atoms with E-state index in [2.05, 4.69) is 21.2 Å². The Balaban J connectivity index is 2.21. The molecule has 0 aliphatic heterocycles. The molecular formula is C12H10BrF2NS. The molecule has 1 unspecified atom stereocenters. The van der Waals surface area contributed by atoms with Crippen LogP contribution in [0.4, 0.5) is 14.5 Å². The third-order valence-corrected chi connectivity index (χ3v) is 4.39. The molecule has 2 rings (SSSR count). The highest BCUT2D eigenvalue weighted by atomic mass is 79.9. The molecule has 0 aliphatic carbocycles. The summed E-state index contributed by atoms with van der Waals surface area (Å²) in [7, 11) is 0. The van der Waals surface area contributed by atoms with Gasteiger partial charge in [-0.1, -0.05) is 0 Å². The SMILES string of the molecule is CC(Nc1cc(F)ccc1F)c1sccc1Br. The number of benzene rings is 1. The molecule has 0 saturated heterocycles. The van der Waals surface area contributed by atoms with Gasteiger partial charge in [-0.2, -0.15) is 0 Å². The predicted molar refractivity (Wildman–Crippen MR) is 70.4 cm³/mol. The second-order valence-electron chi connectivity index (χ2n) is 3.62. The summed E-state index contributed by atoms with van der Waals surface area (Å²) in [6, 6.07) is 5.23. The molecule has 1 N–H and O–H groups in total. The van der Waals surface area contributed by atoms with Crippen LogP contribution < -0.4 is 5.32 Å². The molecule has 0 fully saturated rings. The van der Waals surface area contributed by atoms with Gasteiger partial charge in [0.1, 0.15) is 11.6 Å². The van der Waals surface area contributed by atoms with Crippen molar-refractivity contribution in [2.45, 2.75) is 13.0 Å². The van der Waals surface area contributed by atoms with Crippen LogP contribution in [0.3, 0.4) is 0 Å². The van der Waals surface area contributed by atoms with Crippen molar-refractivity contribution in [3.63, 3.8) is 0 Å². The van der Waals surface area contributed by atoms with Crippen LogP contribution in [0.5, 0.6) is 0 Å². The zero-order valence-electron chi connectivity index (χ0n) is 9.01. The van der Waals surface area contributed by atoms with E-state index in [0.717, 1.165) is 27.5 Å². The van der Waals surface area contributed by atoms with E-state index in [1.807, 2.05) is 18.4 Å². The number of hydrogen-bond donors (Lipinski definition) is 1. The molecule has 1 aromatic heterocycles. The second kappa shape index (κ2) is 5.14. The van der Waals surface area contributed by atoms with Crippen molar-refractivity contribution >= 4 is 33.0 Å². The summed E-state index contributed by atoms with van der Waals surface area (Å²) >= 11 is 4.98. The van der Waals surface area contributed by atoms with Crippen LogP contribution >= 0.6 is 27.3 Å². The van der Waals surface area contributed by atoms with Crippen molar-refractivity contribution in [2.24, 2.45) is 0 Å². The van der Waals surface area contributed by atoms with E-state index in [9.17, 15) is 8.78 Å². The van der Waals surface area contributed by atoms with Gasteiger partial charge >= 0.3 is 0 Å². The normalized spacial score (nSPS) is 12.5. The fraction of sp³-hybridized carbons (Fsp3) is 0.167. The quantitative estimate of drug-likeness (QED) is 0.843. The molecule has 0 bridgehead atoms. The maximum absolute atomic E-state index is 13.4. The standard InChI is InChI=1S/C12H10BrF2NS/c1-7(12-9(13)4-5-17-12)16-11-6-8(14)2-3-10(11)15/h2-7,16H,1H3. The number of anilines is 1. The van der Waals surface area contributed by atoms with Crippen molar-refractivity contribution in [1.82, 2.24) is 0 Å². The van der Waals surface area contributed by atoms with Gasteiger partial charge in [-0.15, -0.1) is 11.3 Å². The fourth-order valence-corrected chi connectivity index (χ4v) is 3.25. The smallest absolute Gasteiger partial charge is 0.146 e. The summed E-state index contributed by atoms with van der Waals surface area (Å²) in [6.45, 7) is 1.90. The number of halogens is 3. The van der Waals surface area contributed by atoms with Crippen molar-refractivity contribution in [1.29, 1.82) is 0 Å². The fourth-order valence-electron chi connectivity index (χ4n) is 1.52. The van der Waals surface area contributed by atoms with E-state index in [4.69, 9.17) is 0 Å². The molecule has 1 nitrogen and oxygen atoms in total. The molecule has 90 valence electrons. The van der Waals surface area contributed by atoms with Crippen molar-refractivity contribution in [3.8, 4) is 0 Å². The average Bonchev–Trinajstić information content (AvgIpc) is 2.70. The number of rotatable bonds is 3. The summed E-state index contributed by atoms with van der Waals surface area (Å²) in [4.78, 5) is 1.05. The molecular weight excluding hydrogens is 308 g/mol. The number of thiophene rings is 1. The second-order valence-corrected chi connectivity index (χ2v) is 5.43. The minimum Gasteiger partial charge on any atom is -0.375 e. The third-order valence-electron chi connectivity index (χ3n) is 2.34. The Morgan fingerprint density at radius 2 is 2.06 bits per heavy atom. The molecule has 2 aromatic rings. The number of hydrogen-bond acceptors (Lipinski definition) is 2. The molecule has 17 heavy (non-hydrogen) atoms. The Kier molecular flexibility index (Phi) is 3.79. The highest BCUT2D eigenvalue weighted by molar-refractivity contribution is 9.10. The molecule has 0 radical (unpaired) electrons. The van der Waals surface area contributed by atoms with E-state index in [-0.39, 0.29) is 11.7 Å². The molecule has 1 atom stereocenters. The summed E-state index contributed by atoms with van der Waals surface area (Å²) in [5.74, 6) is -0.905.